The lowest BCUT2D eigenvalue weighted by molar-refractivity contribution is 0.155. The van der Waals surface area contributed by atoms with Crippen molar-refractivity contribution in [2.24, 2.45) is 0 Å². The van der Waals surface area contributed by atoms with Crippen LogP contribution in [0, 0.1) is 0 Å². The molecule has 6 nitrogen and oxygen atoms in total. The molecule has 1 atom stereocenters. The molecule has 2 heterocycles. The van der Waals surface area contributed by atoms with Crippen LogP contribution in [0.15, 0.2) is 30.5 Å². The van der Waals surface area contributed by atoms with E-state index in [1.54, 1.807) is 7.11 Å². The van der Waals surface area contributed by atoms with Gasteiger partial charge in [-0.05, 0) is 18.6 Å². The Hall–Kier alpha value is -2.50. The number of likely N-dealkylation sites (N-methyl/N-ethyl adjacent to an activating group) is 1. The predicted octanol–water partition coefficient (Wildman–Crippen LogP) is 2.43. The molecule has 0 aliphatic carbocycles. The number of carboxylic acid groups (broad SMARTS) is 1. The lowest BCUT2D eigenvalue weighted by Gasteiger charge is -2.26. The number of aromatic nitrogens is 1. The molecule has 1 fully saturated rings. The van der Waals surface area contributed by atoms with E-state index in [4.69, 9.17) is 9.84 Å². The Balaban J connectivity index is 1.86. The van der Waals surface area contributed by atoms with Gasteiger partial charge < -0.3 is 19.6 Å². The first kappa shape index (κ1) is 14.4. The van der Waals surface area contributed by atoms with Crippen molar-refractivity contribution in [1.29, 1.82) is 0 Å². The summed E-state index contributed by atoms with van der Waals surface area (Å²) < 4.78 is 5.32. The molecular formula is C16H19N3O3. The maximum Gasteiger partial charge on any atom is 0.407 e. The molecular weight excluding hydrogens is 282 g/mol. The molecule has 1 amide bonds. The molecule has 1 unspecified atom stereocenters. The van der Waals surface area contributed by atoms with Crippen molar-refractivity contribution in [3.8, 4) is 5.75 Å². The molecule has 1 saturated heterocycles. The quantitative estimate of drug-likeness (QED) is 0.943. The fourth-order valence-electron chi connectivity index (χ4n) is 2.92. The van der Waals surface area contributed by atoms with Gasteiger partial charge in [0.05, 0.1) is 19.0 Å². The number of anilines is 1. The van der Waals surface area contributed by atoms with Crippen LogP contribution < -0.4 is 9.64 Å². The van der Waals surface area contributed by atoms with Gasteiger partial charge in [-0.1, -0.05) is 12.1 Å². The maximum absolute atomic E-state index is 11.0. The molecule has 1 aliphatic rings. The number of methoxy groups -OCH3 is 1. The van der Waals surface area contributed by atoms with Crippen LogP contribution in [0.2, 0.25) is 0 Å². The summed E-state index contributed by atoms with van der Waals surface area (Å²) in [5.41, 5.74) is 1.82. The van der Waals surface area contributed by atoms with E-state index >= 15 is 0 Å². The number of ether oxygens (including phenoxy) is 1. The van der Waals surface area contributed by atoms with Crippen molar-refractivity contribution in [3.63, 3.8) is 0 Å². The summed E-state index contributed by atoms with van der Waals surface area (Å²) in [4.78, 5) is 19.1. The Kier molecular flexibility index (Phi) is 3.75. The Morgan fingerprint density at radius 1 is 1.50 bits per heavy atom. The molecule has 0 radical (unpaired) electrons. The minimum Gasteiger partial charge on any atom is -0.494 e. The third kappa shape index (κ3) is 2.52. The fourth-order valence-corrected chi connectivity index (χ4v) is 2.92. The van der Waals surface area contributed by atoms with Crippen molar-refractivity contribution in [3.05, 3.63) is 30.5 Å². The zero-order valence-corrected chi connectivity index (χ0v) is 12.7. The lowest BCUT2D eigenvalue weighted by Crippen LogP contribution is -2.36. The van der Waals surface area contributed by atoms with E-state index in [1.807, 2.05) is 31.4 Å². The van der Waals surface area contributed by atoms with Gasteiger partial charge in [-0.3, -0.25) is 4.98 Å². The SMILES string of the molecule is COc1cccc2cc(N(C)C3CCN(C(=O)O)C3)cnc12. The zero-order chi connectivity index (χ0) is 15.7. The topological polar surface area (TPSA) is 65.9 Å². The Labute approximate surface area is 128 Å². The van der Waals surface area contributed by atoms with Gasteiger partial charge in [-0.2, -0.15) is 0 Å². The number of amides is 1. The second-order valence-corrected chi connectivity index (χ2v) is 5.51. The van der Waals surface area contributed by atoms with Crippen LogP contribution in [-0.4, -0.2) is 54.4 Å². The molecule has 1 aromatic carbocycles. The van der Waals surface area contributed by atoms with Gasteiger partial charge in [0.2, 0.25) is 0 Å². The molecule has 2 aromatic rings. The first-order valence-electron chi connectivity index (χ1n) is 7.23. The number of hydrogen-bond donors (Lipinski definition) is 1. The van der Waals surface area contributed by atoms with Gasteiger partial charge in [0.25, 0.3) is 0 Å². The van der Waals surface area contributed by atoms with E-state index in [0.717, 1.165) is 28.8 Å². The molecule has 1 N–H and O–H groups in total. The summed E-state index contributed by atoms with van der Waals surface area (Å²) in [5.74, 6) is 0.754. The number of likely N-dealkylation sites (tertiary alicyclic amines) is 1. The van der Waals surface area contributed by atoms with E-state index in [-0.39, 0.29) is 6.04 Å². The van der Waals surface area contributed by atoms with E-state index in [2.05, 4.69) is 16.0 Å². The van der Waals surface area contributed by atoms with Crippen molar-refractivity contribution in [1.82, 2.24) is 9.88 Å². The highest BCUT2D eigenvalue weighted by molar-refractivity contribution is 5.86. The van der Waals surface area contributed by atoms with Gasteiger partial charge in [-0.15, -0.1) is 0 Å². The summed E-state index contributed by atoms with van der Waals surface area (Å²) in [7, 11) is 3.62. The van der Waals surface area contributed by atoms with E-state index in [9.17, 15) is 4.79 Å². The third-order valence-corrected chi connectivity index (χ3v) is 4.27. The third-order valence-electron chi connectivity index (χ3n) is 4.27. The minimum atomic E-state index is -0.850. The normalized spacial score (nSPS) is 17.7. The average Bonchev–Trinajstić information content (AvgIpc) is 3.03. The van der Waals surface area contributed by atoms with Gasteiger partial charge in [0.15, 0.2) is 0 Å². The number of pyridine rings is 1. The van der Waals surface area contributed by atoms with Gasteiger partial charge in [-0.25, -0.2) is 4.79 Å². The highest BCUT2D eigenvalue weighted by Crippen LogP contribution is 2.28. The summed E-state index contributed by atoms with van der Waals surface area (Å²) in [6.07, 6.45) is 1.80. The van der Waals surface area contributed by atoms with Crippen molar-refractivity contribution >= 4 is 22.7 Å². The van der Waals surface area contributed by atoms with E-state index in [1.165, 1.54) is 4.90 Å². The van der Waals surface area contributed by atoms with Crippen LogP contribution in [0.4, 0.5) is 10.5 Å². The summed E-state index contributed by atoms with van der Waals surface area (Å²) in [5, 5.41) is 10.1. The number of para-hydroxylation sites is 1. The van der Waals surface area contributed by atoms with Gasteiger partial charge in [0.1, 0.15) is 11.3 Å². The summed E-state index contributed by atoms with van der Waals surface area (Å²) in [6.45, 7) is 1.11. The highest BCUT2D eigenvalue weighted by atomic mass is 16.5. The Morgan fingerprint density at radius 2 is 2.32 bits per heavy atom. The summed E-state index contributed by atoms with van der Waals surface area (Å²) >= 11 is 0. The molecule has 0 spiro atoms. The smallest absolute Gasteiger partial charge is 0.407 e. The average molecular weight is 301 g/mol. The van der Waals surface area contributed by atoms with E-state index in [0.29, 0.717) is 13.1 Å². The first-order valence-corrected chi connectivity index (χ1v) is 7.23. The number of fused-ring (bicyclic) bond motifs is 1. The zero-order valence-electron chi connectivity index (χ0n) is 12.7. The largest absolute Gasteiger partial charge is 0.494 e. The second kappa shape index (κ2) is 5.71. The standard InChI is InChI=1S/C16H19N3O3/c1-18(12-6-7-19(10-12)16(20)21)13-8-11-4-3-5-14(22-2)15(11)17-9-13/h3-5,8-9,12H,6-7,10H2,1-2H3,(H,20,21). The predicted molar refractivity (Wildman–Crippen MR) is 84.7 cm³/mol. The molecule has 1 aliphatic heterocycles. The Morgan fingerprint density at radius 3 is 3.00 bits per heavy atom. The molecule has 1 aromatic heterocycles. The van der Waals surface area contributed by atoms with Crippen LogP contribution in [0.25, 0.3) is 10.9 Å². The molecule has 0 bridgehead atoms. The fraction of sp³-hybridized carbons (Fsp3) is 0.375. The first-order chi connectivity index (χ1) is 10.6. The van der Waals surface area contributed by atoms with Crippen LogP contribution >= 0.6 is 0 Å². The number of hydrogen-bond acceptors (Lipinski definition) is 4. The second-order valence-electron chi connectivity index (χ2n) is 5.51. The Bertz CT molecular complexity index is 704. The van der Waals surface area contributed by atoms with Crippen LogP contribution in [0.1, 0.15) is 6.42 Å². The van der Waals surface area contributed by atoms with Crippen molar-refractivity contribution in [2.45, 2.75) is 12.5 Å². The van der Waals surface area contributed by atoms with Gasteiger partial charge >= 0.3 is 6.09 Å². The van der Waals surface area contributed by atoms with Gasteiger partial charge in [0, 0.05) is 31.6 Å². The number of rotatable bonds is 3. The molecule has 3 rings (SSSR count). The van der Waals surface area contributed by atoms with Crippen molar-refractivity contribution < 1.29 is 14.6 Å². The molecule has 0 saturated carbocycles. The molecule has 22 heavy (non-hydrogen) atoms. The number of carbonyl (C=O) groups is 1. The van der Waals surface area contributed by atoms with Crippen LogP contribution in [0.5, 0.6) is 5.75 Å². The van der Waals surface area contributed by atoms with E-state index < -0.39 is 6.09 Å². The molecule has 116 valence electrons. The monoisotopic (exact) mass is 301 g/mol. The number of nitrogens with zero attached hydrogens (tertiary/aromatic N) is 3. The lowest BCUT2D eigenvalue weighted by atomic mass is 10.1. The highest BCUT2D eigenvalue weighted by Gasteiger charge is 2.29. The number of benzene rings is 1. The summed E-state index contributed by atoms with van der Waals surface area (Å²) in [6, 6.07) is 8.07. The van der Waals surface area contributed by atoms with Crippen LogP contribution in [-0.2, 0) is 0 Å². The molecule has 6 heteroatoms. The minimum absolute atomic E-state index is 0.181. The van der Waals surface area contributed by atoms with Crippen LogP contribution in [0.3, 0.4) is 0 Å². The maximum atomic E-state index is 11.0. The van der Waals surface area contributed by atoms with Crippen molar-refractivity contribution in [2.75, 3.05) is 32.1 Å².